The Morgan fingerprint density at radius 1 is 0.298 bits per heavy atom. The molecule has 12 aromatic rings. The smallest absolute Gasteiger partial charge is 0.411 e. The van der Waals surface area contributed by atoms with Crippen molar-refractivity contribution in [2.45, 2.75) is 41.4 Å². The molecule has 0 saturated heterocycles. The second kappa shape index (κ2) is 26.9. The zero-order valence-electron chi connectivity index (χ0n) is 50.2. The summed E-state index contributed by atoms with van der Waals surface area (Å²) in [4.78, 5) is 43.8. The van der Waals surface area contributed by atoms with Gasteiger partial charge in [0.05, 0.1) is 0 Å². The molecule has 0 unspecified atom stereocenters. The Kier molecular flexibility index (Phi) is 18.0. The average Bonchev–Trinajstić information content (AvgIpc) is 0.720. The largest absolute Gasteiger partial charge is 0.457 e. The molecule has 0 aliphatic rings. The fourth-order valence-electron chi connectivity index (χ4n) is 10.8. The van der Waals surface area contributed by atoms with Gasteiger partial charge in [0, 0.05) is 43.2 Å². The van der Waals surface area contributed by atoms with Crippen molar-refractivity contribution in [1.29, 1.82) is 0 Å². The third kappa shape index (κ3) is 14.0. The molecule has 0 saturated carbocycles. The van der Waals surface area contributed by atoms with Crippen LogP contribution in [0.2, 0.25) is 0 Å². The number of hydrogen-bond donors (Lipinski definition) is 0. The van der Waals surface area contributed by atoms with Crippen LogP contribution in [-0.4, -0.2) is 29.7 Å². The summed E-state index contributed by atoms with van der Waals surface area (Å²) in [5.74, 6) is 1.87. The molecule has 94 heavy (non-hydrogen) atoms. The molecular formula is C80H54F6O7S. The summed E-state index contributed by atoms with van der Waals surface area (Å²) in [7, 11) is 0. The standard InChI is InChI=1S/C80H54F6O7S/c1-51-8-12-55(13-9-51)75(87)57-18-31-64(32-19-57)91-67-37-27-61(28-38-67)78(79(81,82)83,80(84,85)86)62-29-39-68(40-30-62)92-65-33-20-58(21-34-65)76(88)56-16-14-54(15-17-56)73-49-26-60(53-24-47-72(48-25-53)94-71-45-10-52(2)11-46-71)50-74(73)77(89)59-22-35-66(36-23-59)93-70-43-41-69(42-44-70)90-63-6-4-3-5-7-63/h3-50H,1-2H3. The maximum Gasteiger partial charge on any atom is 0.411 e. The Morgan fingerprint density at radius 3 is 0.968 bits per heavy atom. The van der Waals surface area contributed by atoms with E-state index in [0.717, 1.165) is 75.0 Å². The Bertz CT molecular complexity index is 4620. The Morgan fingerprint density at radius 2 is 0.585 bits per heavy atom. The molecule has 0 atom stereocenters. The molecule has 0 aromatic heterocycles. The van der Waals surface area contributed by atoms with Crippen LogP contribution in [-0.2, 0) is 5.41 Å². The van der Waals surface area contributed by atoms with Gasteiger partial charge in [0.25, 0.3) is 0 Å². The fourth-order valence-corrected chi connectivity index (χ4v) is 11.6. The summed E-state index contributed by atoms with van der Waals surface area (Å²) in [6, 6.07) is 78.4. The number of rotatable bonds is 20. The molecule has 0 fully saturated rings. The van der Waals surface area contributed by atoms with Gasteiger partial charge in [-0.15, -0.1) is 0 Å². The van der Waals surface area contributed by atoms with Gasteiger partial charge in [0.2, 0.25) is 5.41 Å². The van der Waals surface area contributed by atoms with Gasteiger partial charge >= 0.3 is 12.4 Å². The van der Waals surface area contributed by atoms with Gasteiger partial charge in [0.15, 0.2) is 17.3 Å². The number of alkyl halides is 6. The maximum absolute atomic E-state index is 15.2. The molecule has 0 radical (unpaired) electrons. The van der Waals surface area contributed by atoms with Gasteiger partial charge in [-0.1, -0.05) is 150 Å². The zero-order chi connectivity index (χ0) is 65.6. The van der Waals surface area contributed by atoms with Crippen LogP contribution in [0, 0.1) is 13.8 Å². The number of halogens is 6. The van der Waals surface area contributed by atoms with Crippen LogP contribution in [0.3, 0.4) is 0 Å². The number of ether oxygens (including phenoxy) is 4. The number of aryl methyl sites for hydroxylation is 2. The Balaban J connectivity index is 0.734. The van der Waals surface area contributed by atoms with Crippen LogP contribution in [0.1, 0.15) is 70.0 Å². The first-order valence-electron chi connectivity index (χ1n) is 29.6. The van der Waals surface area contributed by atoms with Crippen molar-refractivity contribution in [3.8, 4) is 68.2 Å². The highest BCUT2D eigenvalue weighted by Crippen LogP contribution is 2.57. The molecule has 0 amide bonds. The van der Waals surface area contributed by atoms with Crippen LogP contribution >= 0.6 is 11.8 Å². The normalized spacial score (nSPS) is 11.6. The lowest BCUT2D eigenvalue weighted by atomic mass is 9.73. The molecule has 0 N–H and O–H groups in total. The maximum atomic E-state index is 15.2. The van der Waals surface area contributed by atoms with Crippen molar-refractivity contribution < 1.29 is 59.7 Å². The summed E-state index contributed by atoms with van der Waals surface area (Å²) >= 11 is 1.65. The molecule has 0 bridgehead atoms. The highest BCUT2D eigenvalue weighted by molar-refractivity contribution is 7.99. The predicted molar refractivity (Wildman–Crippen MR) is 352 cm³/mol. The van der Waals surface area contributed by atoms with E-state index in [-0.39, 0.29) is 45.9 Å². The number of benzene rings is 12. The molecule has 12 aromatic carbocycles. The van der Waals surface area contributed by atoms with Crippen molar-refractivity contribution in [2.24, 2.45) is 0 Å². The van der Waals surface area contributed by atoms with Gasteiger partial charge < -0.3 is 18.9 Å². The van der Waals surface area contributed by atoms with Crippen molar-refractivity contribution in [2.75, 3.05) is 0 Å². The second-order valence-corrected chi connectivity index (χ2v) is 23.3. The van der Waals surface area contributed by atoms with Crippen LogP contribution < -0.4 is 18.9 Å². The van der Waals surface area contributed by atoms with Crippen molar-refractivity contribution in [3.63, 3.8) is 0 Å². The number of para-hydroxylation sites is 1. The summed E-state index contributed by atoms with van der Waals surface area (Å²) < 4.78 is 115. The third-order valence-corrected chi connectivity index (χ3v) is 16.8. The summed E-state index contributed by atoms with van der Waals surface area (Å²) in [6.45, 7) is 3.94. The zero-order valence-corrected chi connectivity index (χ0v) is 51.1. The van der Waals surface area contributed by atoms with E-state index in [1.165, 1.54) is 54.1 Å². The predicted octanol–water partition coefficient (Wildman–Crippen LogP) is 22.1. The van der Waals surface area contributed by atoms with E-state index in [1.54, 1.807) is 96.7 Å². The lowest BCUT2D eigenvalue weighted by molar-refractivity contribution is -0.288. The summed E-state index contributed by atoms with van der Waals surface area (Å²) in [5.41, 5.74) is 0.796. The monoisotopic (exact) mass is 1270 g/mol. The minimum atomic E-state index is -5.86. The lowest BCUT2D eigenvalue weighted by Crippen LogP contribution is -2.54. The van der Waals surface area contributed by atoms with E-state index in [2.05, 4.69) is 24.3 Å². The molecule has 7 nitrogen and oxygen atoms in total. The fraction of sp³-hybridized carbons (Fsp3) is 0.0625. The van der Waals surface area contributed by atoms with Gasteiger partial charge in [-0.25, -0.2) is 0 Å². The van der Waals surface area contributed by atoms with E-state index in [9.17, 15) is 14.4 Å². The van der Waals surface area contributed by atoms with Gasteiger partial charge in [-0.3, -0.25) is 14.4 Å². The Hall–Kier alpha value is -11.2. The number of hydrogen-bond acceptors (Lipinski definition) is 8. The summed E-state index contributed by atoms with van der Waals surface area (Å²) in [6.07, 6.45) is -11.7. The SMILES string of the molecule is Cc1ccc(Sc2ccc(-c3ccc(-c4ccc(C(=O)c5ccc(Oc6ccc(C(c7ccc(Oc8ccc(C(=O)c9ccc(C)cc9)cc8)cc7)(C(F)(F)F)C(F)(F)F)cc6)cc5)cc4)c(C(=O)c4ccc(Oc5ccc(Oc6ccccc6)cc5)cc4)c3)cc2)cc1. The van der Waals surface area contributed by atoms with Crippen molar-refractivity contribution in [1.82, 2.24) is 0 Å². The van der Waals surface area contributed by atoms with Gasteiger partial charge in [-0.2, -0.15) is 26.3 Å². The molecule has 0 aliphatic heterocycles. The van der Waals surface area contributed by atoms with E-state index in [4.69, 9.17) is 18.9 Å². The topological polar surface area (TPSA) is 88.1 Å². The van der Waals surface area contributed by atoms with Crippen molar-refractivity contribution >= 4 is 29.1 Å². The highest BCUT2D eigenvalue weighted by atomic mass is 32.2. The quantitative estimate of drug-likeness (QED) is 0.0551. The van der Waals surface area contributed by atoms with Gasteiger partial charge in [0.1, 0.15) is 46.0 Å². The van der Waals surface area contributed by atoms with Gasteiger partial charge in [-0.05, 0) is 211 Å². The third-order valence-electron chi connectivity index (χ3n) is 15.8. The minimum absolute atomic E-state index is 0.0388. The Labute approximate surface area is 542 Å². The van der Waals surface area contributed by atoms with E-state index in [0.29, 0.717) is 61.9 Å². The molecule has 14 heteroatoms. The molecule has 12 rings (SSSR count). The molecular weight excluding hydrogens is 1220 g/mol. The first-order chi connectivity index (χ1) is 45.3. The van der Waals surface area contributed by atoms with Crippen LogP contribution in [0.25, 0.3) is 22.3 Å². The highest BCUT2D eigenvalue weighted by Gasteiger charge is 2.72. The first kappa shape index (κ1) is 63.0. The molecule has 0 spiro atoms. The molecule has 0 heterocycles. The van der Waals surface area contributed by atoms with Crippen LogP contribution in [0.15, 0.2) is 301 Å². The van der Waals surface area contributed by atoms with Crippen LogP contribution in [0.4, 0.5) is 26.3 Å². The van der Waals surface area contributed by atoms with Crippen molar-refractivity contribution in [3.05, 3.63) is 347 Å². The van der Waals surface area contributed by atoms with E-state index in [1.807, 2.05) is 98.8 Å². The minimum Gasteiger partial charge on any atom is -0.457 e. The lowest BCUT2D eigenvalue weighted by Gasteiger charge is -2.38. The number of ketones is 3. The number of carbonyl (C=O) groups excluding carboxylic acids is 3. The van der Waals surface area contributed by atoms with E-state index < -0.39 is 28.9 Å². The second-order valence-electron chi connectivity index (χ2n) is 22.2. The van der Waals surface area contributed by atoms with E-state index >= 15 is 26.3 Å². The summed E-state index contributed by atoms with van der Waals surface area (Å²) in [5, 5.41) is 0. The molecule has 464 valence electrons. The van der Waals surface area contributed by atoms with Crippen LogP contribution in [0.5, 0.6) is 46.0 Å². The molecule has 0 aliphatic carbocycles. The average molecular weight is 1270 g/mol. The first-order valence-corrected chi connectivity index (χ1v) is 30.5. The number of carbonyl (C=O) groups is 3.